The number of carbonyl (C=O) groups is 1. The molecule has 0 aliphatic rings. The van der Waals surface area contributed by atoms with Crippen LogP contribution in [0.1, 0.15) is 21.5 Å². The number of amides is 1. The topological polar surface area (TPSA) is 105 Å². The van der Waals surface area contributed by atoms with Gasteiger partial charge in [-0.15, -0.1) is 0 Å². The van der Waals surface area contributed by atoms with Gasteiger partial charge in [0.15, 0.2) is 0 Å². The Kier molecular flexibility index (Phi) is 5.07. The van der Waals surface area contributed by atoms with Crippen LogP contribution < -0.4 is 5.43 Å². The number of hydrazone groups is 1. The zero-order valence-electron chi connectivity index (χ0n) is 12.0. The number of carbonyl (C=O) groups excluding carboxylic acids is 1. The molecule has 118 valence electrons. The fourth-order valence-corrected chi connectivity index (χ4v) is 2.50. The summed E-state index contributed by atoms with van der Waals surface area (Å²) in [6, 6.07) is 8.93. The summed E-state index contributed by atoms with van der Waals surface area (Å²) in [6.45, 7) is 1.73. The van der Waals surface area contributed by atoms with E-state index >= 15 is 0 Å². The normalized spacial score (nSPS) is 10.7. The highest BCUT2D eigenvalue weighted by molar-refractivity contribution is 9.10. The zero-order chi connectivity index (χ0) is 17.0. The van der Waals surface area contributed by atoms with Gasteiger partial charge in [-0.2, -0.15) is 5.10 Å². The molecule has 0 bridgehead atoms. The Balaban J connectivity index is 2.19. The summed E-state index contributed by atoms with van der Waals surface area (Å²) in [7, 11) is 0. The largest absolute Gasteiger partial charge is 0.507 e. The quantitative estimate of drug-likeness (QED) is 0.484. The Labute approximate surface area is 139 Å². The smallest absolute Gasteiger partial charge is 0.282 e. The van der Waals surface area contributed by atoms with Gasteiger partial charge in [-0.1, -0.05) is 28.1 Å². The standard InChI is InChI=1S/C15H12BrN3O4/c1-9-6-11(16)7-10(14(9)20)8-17-18-15(21)12-4-2-3-5-13(12)19(22)23/h2-8,20H,1H3,(H,18,21). The van der Waals surface area contributed by atoms with Crippen LogP contribution in [0.25, 0.3) is 0 Å². The van der Waals surface area contributed by atoms with Crippen molar-refractivity contribution in [3.8, 4) is 5.75 Å². The third kappa shape index (κ3) is 3.92. The van der Waals surface area contributed by atoms with E-state index in [1.807, 2.05) is 0 Å². The number of nitro groups is 1. The highest BCUT2D eigenvalue weighted by Gasteiger charge is 2.18. The predicted octanol–water partition coefficient (Wildman–Crippen LogP) is 3.14. The number of phenols is 1. The van der Waals surface area contributed by atoms with Gasteiger partial charge in [0.2, 0.25) is 0 Å². The maximum absolute atomic E-state index is 12.0. The number of nitro benzene ring substituents is 1. The van der Waals surface area contributed by atoms with Gasteiger partial charge in [0.05, 0.1) is 11.1 Å². The van der Waals surface area contributed by atoms with Crippen molar-refractivity contribution in [3.05, 3.63) is 67.7 Å². The number of nitrogens with one attached hydrogen (secondary N) is 1. The summed E-state index contributed by atoms with van der Waals surface area (Å²) < 4.78 is 0.749. The second-order valence-electron chi connectivity index (χ2n) is 4.63. The molecule has 0 atom stereocenters. The van der Waals surface area contributed by atoms with Crippen LogP contribution in [0.15, 0.2) is 46.0 Å². The summed E-state index contributed by atoms with van der Waals surface area (Å²) in [5.41, 5.74) is 2.86. The number of nitrogens with zero attached hydrogens (tertiary/aromatic N) is 2. The van der Waals surface area contributed by atoms with E-state index in [0.29, 0.717) is 11.1 Å². The monoisotopic (exact) mass is 377 g/mol. The Morgan fingerprint density at radius 2 is 2.09 bits per heavy atom. The third-order valence-corrected chi connectivity index (χ3v) is 3.47. The molecule has 0 unspecified atom stereocenters. The summed E-state index contributed by atoms with van der Waals surface area (Å²) in [6.07, 6.45) is 1.26. The van der Waals surface area contributed by atoms with E-state index < -0.39 is 10.8 Å². The number of aryl methyl sites for hydroxylation is 1. The third-order valence-electron chi connectivity index (χ3n) is 3.01. The molecule has 0 spiro atoms. The Morgan fingerprint density at radius 1 is 1.39 bits per heavy atom. The van der Waals surface area contributed by atoms with Crippen molar-refractivity contribution in [2.45, 2.75) is 6.92 Å². The van der Waals surface area contributed by atoms with Crippen molar-refractivity contribution in [1.82, 2.24) is 5.43 Å². The lowest BCUT2D eigenvalue weighted by atomic mass is 10.1. The number of para-hydroxylation sites is 1. The van der Waals surface area contributed by atoms with Gasteiger partial charge >= 0.3 is 0 Å². The van der Waals surface area contributed by atoms with E-state index in [0.717, 1.165) is 4.47 Å². The lowest BCUT2D eigenvalue weighted by molar-refractivity contribution is -0.385. The van der Waals surface area contributed by atoms with Crippen LogP contribution in [0.3, 0.4) is 0 Å². The molecular formula is C15H12BrN3O4. The molecule has 0 aliphatic heterocycles. The lowest BCUT2D eigenvalue weighted by Gasteiger charge is -2.04. The Hall–Kier alpha value is -2.74. The van der Waals surface area contributed by atoms with E-state index in [4.69, 9.17) is 0 Å². The van der Waals surface area contributed by atoms with Crippen LogP contribution in [-0.2, 0) is 0 Å². The molecular weight excluding hydrogens is 366 g/mol. The van der Waals surface area contributed by atoms with Gasteiger partial charge in [-0.05, 0) is 30.7 Å². The van der Waals surface area contributed by atoms with Gasteiger partial charge < -0.3 is 5.11 Å². The Morgan fingerprint density at radius 3 is 2.78 bits per heavy atom. The first-order valence-electron chi connectivity index (χ1n) is 6.46. The number of aromatic hydroxyl groups is 1. The van der Waals surface area contributed by atoms with Crippen LogP contribution >= 0.6 is 15.9 Å². The molecule has 2 aromatic rings. The molecule has 2 rings (SSSR count). The predicted molar refractivity (Wildman–Crippen MR) is 88.7 cm³/mol. The van der Waals surface area contributed by atoms with Gasteiger partial charge in [-0.25, -0.2) is 5.43 Å². The van der Waals surface area contributed by atoms with E-state index in [1.54, 1.807) is 19.1 Å². The van der Waals surface area contributed by atoms with Crippen molar-refractivity contribution in [2.24, 2.45) is 5.10 Å². The Bertz CT molecular complexity index is 805. The average Bonchev–Trinajstić information content (AvgIpc) is 2.51. The first-order valence-corrected chi connectivity index (χ1v) is 7.25. The van der Waals surface area contributed by atoms with Crippen molar-refractivity contribution in [3.63, 3.8) is 0 Å². The van der Waals surface area contributed by atoms with Gasteiger partial charge in [-0.3, -0.25) is 14.9 Å². The maximum Gasteiger partial charge on any atom is 0.282 e. The van der Waals surface area contributed by atoms with Gasteiger partial charge in [0.1, 0.15) is 11.3 Å². The first kappa shape index (κ1) is 16.6. The lowest BCUT2D eigenvalue weighted by Crippen LogP contribution is -2.19. The number of benzene rings is 2. The first-order chi connectivity index (χ1) is 10.9. The number of hydrogen-bond acceptors (Lipinski definition) is 5. The molecule has 0 radical (unpaired) electrons. The van der Waals surface area contributed by atoms with Gasteiger partial charge in [0, 0.05) is 16.1 Å². The highest BCUT2D eigenvalue weighted by Crippen LogP contribution is 2.25. The molecule has 0 aromatic heterocycles. The van der Waals surface area contributed by atoms with E-state index in [1.165, 1.54) is 30.5 Å². The van der Waals surface area contributed by atoms with E-state index in [2.05, 4.69) is 26.5 Å². The summed E-state index contributed by atoms with van der Waals surface area (Å²) in [5.74, 6) is -0.670. The minimum atomic E-state index is -0.709. The summed E-state index contributed by atoms with van der Waals surface area (Å²) in [4.78, 5) is 22.2. The van der Waals surface area contributed by atoms with Crippen molar-refractivity contribution in [2.75, 3.05) is 0 Å². The molecule has 8 heteroatoms. The van der Waals surface area contributed by atoms with Gasteiger partial charge in [0.25, 0.3) is 11.6 Å². The van der Waals surface area contributed by atoms with E-state index in [-0.39, 0.29) is 17.0 Å². The number of phenolic OH excluding ortho intramolecular Hbond substituents is 1. The van der Waals surface area contributed by atoms with Crippen molar-refractivity contribution in [1.29, 1.82) is 0 Å². The second-order valence-corrected chi connectivity index (χ2v) is 5.55. The molecule has 0 aliphatic carbocycles. The fraction of sp³-hybridized carbons (Fsp3) is 0.0667. The van der Waals surface area contributed by atoms with Crippen LogP contribution in [0, 0.1) is 17.0 Å². The second kappa shape index (κ2) is 7.01. The SMILES string of the molecule is Cc1cc(Br)cc(C=NNC(=O)c2ccccc2[N+](=O)[O-])c1O. The number of rotatable bonds is 4. The minimum absolute atomic E-state index is 0.0388. The molecule has 0 heterocycles. The summed E-state index contributed by atoms with van der Waals surface area (Å²) in [5, 5.41) is 24.5. The molecule has 0 saturated heterocycles. The number of hydrogen-bond donors (Lipinski definition) is 2. The summed E-state index contributed by atoms with van der Waals surface area (Å²) >= 11 is 3.30. The van der Waals surface area contributed by atoms with Crippen LogP contribution in [0.4, 0.5) is 5.69 Å². The molecule has 23 heavy (non-hydrogen) atoms. The number of halogens is 1. The molecule has 1 amide bonds. The average molecular weight is 378 g/mol. The fourth-order valence-electron chi connectivity index (χ4n) is 1.91. The zero-order valence-corrected chi connectivity index (χ0v) is 13.6. The molecule has 7 nitrogen and oxygen atoms in total. The van der Waals surface area contributed by atoms with Crippen molar-refractivity contribution >= 4 is 33.7 Å². The molecule has 0 fully saturated rings. The van der Waals surface area contributed by atoms with E-state index in [9.17, 15) is 20.0 Å². The van der Waals surface area contributed by atoms with Crippen LogP contribution in [0.2, 0.25) is 0 Å². The van der Waals surface area contributed by atoms with Crippen molar-refractivity contribution < 1.29 is 14.8 Å². The molecule has 2 N–H and O–H groups in total. The van der Waals surface area contributed by atoms with Crippen LogP contribution in [-0.4, -0.2) is 22.2 Å². The maximum atomic E-state index is 12.0. The highest BCUT2D eigenvalue weighted by atomic mass is 79.9. The molecule has 0 saturated carbocycles. The molecule has 2 aromatic carbocycles. The van der Waals surface area contributed by atoms with Crippen LogP contribution in [0.5, 0.6) is 5.75 Å². The minimum Gasteiger partial charge on any atom is -0.507 e.